The van der Waals surface area contributed by atoms with E-state index in [4.69, 9.17) is 18.2 Å². The zero-order valence-corrected chi connectivity index (χ0v) is 40.3. The molecule has 0 spiro atoms. The molecular weight excluding hydrogens is 974 g/mol. The van der Waals surface area contributed by atoms with E-state index in [9.17, 15) is 5.11 Å². The molecular formula is C60H56N3OPt-. The van der Waals surface area contributed by atoms with E-state index in [0.717, 1.165) is 66.8 Å². The van der Waals surface area contributed by atoms with E-state index in [1.807, 2.05) is 109 Å². The molecule has 328 valence electrons. The molecule has 0 saturated carbocycles. The third-order valence-corrected chi connectivity index (χ3v) is 12.1. The summed E-state index contributed by atoms with van der Waals surface area (Å²) in [5.74, 6) is 0.459. The summed E-state index contributed by atoms with van der Waals surface area (Å²) < 4.78 is 52.9. The van der Waals surface area contributed by atoms with Crippen LogP contribution in [-0.2, 0) is 31.9 Å². The smallest absolute Gasteiger partial charge is 0.148 e. The SMILES string of the molecule is [2H]C([2H])([2H])c1ccc(-c2ccnc(-c3[c-]c(-c4cccc5c4nc(-c4cc(C)cc(C)c4O)n5-c4ccc(-c5c(-c6ccccc6)cccc5C(C)(C)C)cc4C([2H])([2H])[2H])cc(C(C)(C)C)c3)c2)cc1.[Pt]. The zero-order valence-electron chi connectivity index (χ0n) is 44.0. The van der Waals surface area contributed by atoms with Crippen LogP contribution in [0.25, 0.3) is 83.9 Å². The molecule has 4 nitrogen and oxygen atoms in total. The van der Waals surface area contributed by atoms with Gasteiger partial charge in [0.05, 0.1) is 22.3 Å². The van der Waals surface area contributed by atoms with Crippen molar-refractivity contribution in [1.29, 1.82) is 0 Å². The van der Waals surface area contributed by atoms with Gasteiger partial charge in [0, 0.05) is 41.2 Å². The van der Waals surface area contributed by atoms with Gasteiger partial charge in [-0.2, -0.15) is 0 Å². The van der Waals surface area contributed by atoms with Gasteiger partial charge >= 0.3 is 0 Å². The molecule has 5 heteroatoms. The molecule has 0 aliphatic heterocycles. The number of phenols is 1. The maximum atomic E-state index is 11.9. The fourth-order valence-electron chi connectivity index (χ4n) is 8.81. The predicted molar refractivity (Wildman–Crippen MR) is 268 cm³/mol. The first kappa shape index (κ1) is 38.0. The van der Waals surface area contributed by atoms with Gasteiger partial charge in [-0.1, -0.05) is 161 Å². The topological polar surface area (TPSA) is 50.9 Å². The van der Waals surface area contributed by atoms with E-state index < -0.39 is 13.7 Å². The van der Waals surface area contributed by atoms with E-state index >= 15 is 0 Å². The molecule has 7 aromatic carbocycles. The molecule has 2 heterocycles. The number of hydrogen-bond donors (Lipinski definition) is 1. The number of aryl methyl sites for hydroxylation is 4. The number of para-hydroxylation sites is 1. The van der Waals surface area contributed by atoms with Gasteiger partial charge in [-0.05, 0) is 124 Å². The van der Waals surface area contributed by atoms with Gasteiger partial charge < -0.3 is 5.11 Å². The Morgan fingerprint density at radius 2 is 1.31 bits per heavy atom. The maximum absolute atomic E-state index is 11.9. The second-order valence-electron chi connectivity index (χ2n) is 19.0. The summed E-state index contributed by atoms with van der Waals surface area (Å²) in [5, 5.41) is 11.9. The van der Waals surface area contributed by atoms with Crippen LogP contribution in [0.5, 0.6) is 5.75 Å². The third kappa shape index (κ3) is 8.77. The Morgan fingerprint density at radius 3 is 2.03 bits per heavy atom. The Labute approximate surface area is 407 Å². The number of aromatic hydroxyl groups is 1. The van der Waals surface area contributed by atoms with Crippen molar-refractivity contribution in [1.82, 2.24) is 14.5 Å². The molecule has 0 saturated heterocycles. The van der Waals surface area contributed by atoms with E-state index in [2.05, 4.69) is 90.1 Å². The summed E-state index contributed by atoms with van der Waals surface area (Å²) in [6.45, 7) is 12.1. The number of benzene rings is 7. The quantitative estimate of drug-likeness (QED) is 0.162. The minimum atomic E-state index is -2.56. The van der Waals surface area contributed by atoms with Crippen LogP contribution in [0, 0.1) is 33.6 Å². The minimum Gasteiger partial charge on any atom is -0.507 e. The Bertz CT molecular complexity index is 3450. The van der Waals surface area contributed by atoms with Gasteiger partial charge in [-0.25, -0.2) is 4.98 Å². The minimum absolute atomic E-state index is 0. The standard InChI is InChI=1S/C60H56N3O.Pt/c1-37-22-24-41(25-23-37)43-28-29-61-52(36-43)46-33-45(34-47(35-46)59(5,6)7)49-19-15-21-54-56(49)62-58(50-31-38(2)30-40(4)57(50)64)63(54)53-27-26-44(32-39(53)3)55-48(42-16-12-11-13-17-42)18-14-20-51(55)60(8,9)10;/h11-32,34-36,64H,1-10H3;/q-1;/i1D3,3D3;. The second kappa shape index (κ2) is 17.6. The average molecular weight is 1040 g/mol. The molecule has 9 rings (SSSR count). The van der Waals surface area contributed by atoms with Crippen molar-refractivity contribution in [3.05, 3.63) is 191 Å². The number of nitrogens with zero attached hydrogens (tertiary/aromatic N) is 3. The molecule has 0 aliphatic carbocycles. The van der Waals surface area contributed by atoms with Crippen LogP contribution in [0.2, 0.25) is 0 Å². The Kier molecular flexibility index (Phi) is 10.3. The number of phenolic OH excluding ortho intramolecular Hbond substituents is 1. The normalized spacial score (nSPS) is 13.5. The van der Waals surface area contributed by atoms with Gasteiger partial charge in [-0.3, -0.25) is 9.55 Å². The Balaban J connectivity index is 0.00000676. The fraction of sp³-hybridized carbons (Fsp3) is 0.200. The first-order valence-electron chi connectivity index (χ1n) is 24.8. The zero-order chi connectivity index (χ0) is 50.1. The number of imidazole rings is 1. The van der Waals surface area contributed by atoms with Gasteiger partial charge in [-0.15, -0.1) is 29.3 Å². The van der Waals surface area contributed by atoms with Crippen LogP contribution in [0.3, 0.4) is 0 Å². The summed E-state index contributed by atoms with van der Waals surface area (Å²) in [4.78, 5) is 10.2. The van der Waals surface area contributed by atoms with E-state index in [0.29, 0.717) is 39.4 Å². The summed E-state index contributed by atoms with van der Waals surface area (Å²) >= 11 is 0. The third-order valence-electron chi connectivity index (χ3n) is 12.1. The molecule has 0 fully saturated rings. The van der Waals surface area contributed by atoms with Crippen molar-refractivity contribution in [2.45, 2.75) is 79.9 Å². The largest absolute Gasteiger partial charge is 0.507 e. The Hall–Kier alpha value is -6.35. The van der Waals surface area contributed by atoms with Gasteiger partial charge in [0.15, 0.2) is 0 Å². The van der Waals surface area contributed by atoms with Gasteiger partial charge in [0.25, 0.3) is 0 Å². The number of hydrogen-bond acceptors (Lipinski definition) is 3. The van der Waals surface area contributed by atoms with Crippen LogP contribution in [0.1, 0.15) is 83.1 Å². The fourth-order valence-corrected chi connectivity index (χ4v) is 8.81. The van der Waals surface area contributed by atoms with E-state index in [1.54, 1.807) is 18.3 Å². The molecule has 1 N–H and O–H groups in total. The van der Waals surface area contributed by atoms with Crippen molar-refractivity contribution >= 4 is 11.0 Å². The van der Waals surface area contributed by atoms with E-state index in [1.165, 1.54) is 0 Å². The molecule has 0 aliphatic rings. The van der Waals surface area contributed by atoms with Crippen molar-refractivity contribution in [2.75, 3.05) is 0 Å². The average Bonchev–Trinajstić information content (AvgIpc) is 3.71. The summed E-state index contributed by atoms with van der Waals surface area (Å²) in [5.41, 5.74) is 14.3. The van der Waals surface area contributed by atoms with Crippen LogP contribution >= 0.6 is 0 Å². The van der Waals surface area contributed by atoms with Crippen LogP contribution in [0.4, 0.5) is 0 Å². The molecule has 65 heavy (non-hydrogen) atoms. The maximum Gasteiger partial charge on any atom is 0.148 e. The molecule has 2 aromatic heterocycles. The van der Waals surface area contributed by atoms with Crippen molar-refractivity contribution in [3.8, 4) is 78.6 Å². The second-order valence-corrected chi connectivity index (χ2v) is 19.0. The van der Waals surface area contributed by atoms with E-state index in [-0.39, 0.29) is 48.8 Å². The summed E-state index contributed by atoms with van der Waals surface area (Å²) in [6.07, 6.45) is 1.75. The number of pyridine rings is 1. The van der Waals surface area contributed by atoms with Gasteiger partial charge in [0.1, 0.15) is 11.6 Å². The van der Waals surface area contributed by atoms with Crippen molar-refractivity contribution < 1.29 is 34.4 Å². The van der Waals surface area contributed by atoms with Crippen molar-refractivity contribution in [3.63, 3.8) is 0 Å². The molecule has 0 radical (unpaired) electrons. The van der Waals surface area contributed by atoms with Crippen molar-refractivity contribution in [2.24, 2.45) is 0 Å². The Morgan fingerprint density at radius 1 is 0.585 bits per heavy atom. The molecule has 0 bridgehead atoms. The van der Waals surface area contributed by atoms with Crippen LogP contribution in [-0.4, -0.2) is 19.6 Å². The van der Waals surface area contributed by atoms with Crippen LogP contribution < -0.4 is 0 Å². The predicted octanol–water partition coefficient (Wildman–Crippen LogP) is 15.8. The number of rotatable bonds is 7. The number of aromatic nitrogens is 3. The monoisotopic (exact) mass is 1040 g/mol. The number of fused-ring (bicyclic) bond motifs is 1. The van der Waals surface area contributed by atoms with Gasteiger partial charge in [0.2, 0.25) is 0 Å². The molecule has 9 aromatic rings. The molecule has 0 unspecified atom stereocenters. The van der Waals surface area contributed by atoms with Crippen LogP contribution in [0.15, 0.2) is 152 Å². The summed E-state index contributed by atoms with van der Waals surface area (Å²) in [6, 6.07) is 50.7. The summed E-state index contributed by atoms with van der Waals surface area (Å²) in [7, 11) is 0. The first-order chi connectivity index (χ1) is 33.0. The molecule has 0 amide bonds. The molecule has 0 atom stereocenters. The first-order valence-corrected chi connectivity index (χ1v) is 21.8.